The maximum absolute atomic E-state index is 11.2. The van der Waals surface area contributed by atoms with Crippen LogP contribution < -0.4 is 0 Å². The molecule has 0 saturated carbocycles. The van der Waals surface area contributed by atoms with Crippen LogP contribution in [0.1, 0.15) is 6.42 Å². The van der Waals surface area contributed by atoms with Crippen molar-refractivity contribution in [1.29, 1.82) is 0 Å². The second-order valence-electron chi connectivity index (χ2n) is 3.00. The van der Waals surface area contributed by atoms with Gasteiger partial charge in [0.1, 0.15) is 5.04 Å². The lowest BCUT2D eigenvalue weighted by Crippen LogP contribution is -2.13. The Balaban J connectivity index is 2.07. The van der Waals surface area contributed by atoms with Crippen LogP contribution in [0.15, 0.2) is 40.3 Å². The topological polar surface area (TPSA) is 32.7 Å². The Kier molecular flexibility index (Phi) is 2.54. The Labute approximate surface area is 86.8 Å². The van der Waals surface area contributed by atoms with Gasteiger partial charge in [-0.1, -0.05) is 30.0 Å². The standard InChI is InChI=1S/C10H10N2OS/c1-12-10(13)7-9(11-12)14-8-5-3-2-4-6-8/h2-6H,7H2,1H3. The van der Waals surface area contributed by atoms with Gasteiger partial charge >= 0.3 is 0 Å². The summed E-state index contributed by atoms with van der Waals surface area (Å²) in [6, 6.07) is 9.94. The lowest BCUT2D eigenvalue weighted by Gasteiger charge is -1.99. The van der Waals surface area contributed by atoms with Gasteiger partial charge in [-0.25, -0.2) is 5.01 Å². The zero-order chi connectivity index (χ0) is 9.97. The van der Waals surface area contributed by atoms with E-state index in [0.29, 0.717) is 6.42 Å². The zero-order valence-corrected chi connectivity index (χ0v) is 8.62. The van der Waals surface area contributed by atoms with Crippen molar-refractivity contribution in [3.05, 3.63) is 30.3 Å². The fourth-order valence-electron chi connectivity index (χ4n) is 1.18. The second kappa shape index (κ2) is 3.84. The first-order valence-corrected chi connectivity index (χ1v) is 5.14. The maximum Gasteiger partial charge on any atom is 0.249 e. The number of hydrogen-bond acceptors (Lipinski definition) is 3. The van der Waals surface area contributed by atoms with Crippen LogP contribution in [0.2, 0.25) is 0 Å². The molecular formula is C10H10N2OS. The van der Waals surface area contributed by atoms with Crippen LogP contribution >= 0.6 is 11.8 Å². The molecule has 1 aliphatic rings. The van der Waals surface area contributed by atoms with E-state index in [9.17, 15) is 4.79 Å². The summed E-state index contributed by atoms with van der Waals surface area (Å²) in [4.78, 5) is 12.3. The van der Waals surface area contributed by atoms with Gasteiger partial charge in [0.25, 0.3) is 0 Å². The first-order valence-electron chi connectivity index (χ1n) is 4.32. The largest absolute Gasteiger partial charge is 0.273 e. The van der Waals surface area contributed by atoms with Gasteiger partial charge in [-0.3, -0.25) is 4.79 Å². The van der Waals surface area contributed by atoms with Crippen LogP contribution in [0, 0.1) is 0 Å². The van der Waals surface area contributed by atoms with Gasteiger partial charge in [0.2, 0.25) is 5.91 Å². The SMILES string of the molecule is CN1N=C(Sc2ccccc2)CC1=O. The fourth-order valence-corrected chi connectivity index (χ4v) is 2.11. The molecule has 0 atom stereocenters. The molecule has 3 nitrogen and oxygen atoms in total. The molecular weight excluding hydrogens is 196 g/mol. The highest BCUT2D eigenvalue weighted by molar-refractivity contribution is 8.14. The average molecular weight is 206 g/mol. The van der Waals surface area contributed by atoms with E-state index >= 15 is 0 Å². The molecule has 72 valence electrons. The fraction of sp³-hybridized carbons (Fsp3) is 0.200. The number of hydrazone groups is 1. The van der Waals surface area contributed by atoms with Gasteiger partial charge < -0.3 is 0 Å². The Bertz CT molecular complexity index is 375. The Morgan fingerprint density at radius 2 is 2.07 bits per heavy atom. The van der Waals surface area contributed by atoms with Crippen molar-refractivity contribution in [3.63, 3.8) is 0 Å². The minimum atomic E-state index is 0.0587. The molecule has 0 spiro atoms. The van der Waals surface area contributed by atoms with E-state index in [1.54, 1.807) is 18.8 Å². The van der Waals surface area contributed by atoms with Crippen LogP contribution in [-0.2, 0) is 4.79 Å². The molecule has 0 fully saturated rings. The van der Waals surface area contributed by atoms with Crippen molar-refractivity contribution in [2.75, 3.05) is 7.05 Å². The van der Waals surface area contributed by atoms with Gasteiger partial charge in [-0.15, -0.1) is 0 Å². The van der Waals surface area contributed by atoms with E-state index in [0.717, 1.165) is 9.94 Å². The highest BCUT2D eigenvalue weighted by Gasteiger charge is 2.20. The molecule has 4 heteroatoms. The Morgan fingerprint density at radius 1 is 1.36 bits per heavy atom. The van der Waals surface area contributed by atoms with Crippen molar-refractivity contribution < 1.29 is 4.79 Å². The summed E-state index contributed by atoms with van der Waals surface area (Å²) in [5.41, 5.74) is 0. The number of hydrogen-bond donors (Lipinski definition) is 0. The molecule has 0 N–H and O–H groups in total. The summed E-state index contributed by atoms with van der Waals surface area (Å²) >= 11 is 1.55. The van der Waals surface area contributed by atoms with Crippen LogP contribution in [0.25, 0.3) is 0 Å². The molecule has 1 amide bonds. The third kappa shape index (κ3) is 1.96. The molecule has 1 aliphatic heterocycles. The van der Waals surface area contributed by atoms with Crippen LogP contribution in [0.4, 0.5) is 0 Å². The van der Waals surface area contributed by atoms with Gasteiger partial charge in [-0.2, -0.15) is 5.10 Å². The number of carbonyl (C=O) groups is 1. The highest BCUT2D eigenvalue weighted by atomic mass is 32.2. The number of thioether (sulfide) groups is 1. The third-order valence-electron chi connectivity index (χ3n) is 1.90. The summed E-state index contributed by atoms with van der Waals surface area (Å²) in [7, 11) is 1.68. The summed E-state index contributed by atoms with van der Waals surface area (Å²) < 4.78 is 0. The van der Waals surface area contributed by atoms with Gasteiger partial charge in [-0.05, 0) is 12.1 Å². The lowest BCUT2D eigenvalue weighted by atomic mass is 10.4. The van der Waals surface area contributed by atoms with Gasteiger partial charge in [0, 0.05) is 11.9 Å². The maximum atomic E-state index is 11.2. The molecule has 14 heavy (non-hydrogen) atoms. The van der Waals surface area contributed by atoms with E-state index in [2.05, 4.69) is 5.10 Å². The average Bonchev–Trinajstić information content (AvgIpc) is 2.47. The van der Waals surface area contributed by atoms with Crippen molar-refractivity contribution in [2.24, 2.45) is 5.10 Å². The molecule has 0 radical (unpaired) electrons. The van der Waals surface area contributed by atoms with Crippen LogP contribution in [0.3, 0.4) is 0 Å². The van der Waals surface area contributed by atoms with Crippen molar-refractivity contribution in [1.82, 2.24) is 5.01 Å². The molecule has 0 aromatic heterocycles. The van der Waals surface area contributed by atoms with Gasteiger partial charge in [0.15, 0.2) is 0 Å². The summed E-state index contributed by atoms with van der Waals surface area (Å²) in [5, 5.41) is 6.39. The lowest BCUT2D eigenvalue weighted by molar-refractivity contribution is -0.127. The highest BCUT2D eigenvalue weighted by Crippen LogP contribution is 2.24. The molecule has 1 aromatic rings. The van der Waals surface area contributed by atoms with Crippen molar-refractivity contribution in [2.45, 2.75) is 11.3 Å². The Morgan fingerprint density at radius 3 is 2.64 bits per heavy atom. The predicted octanol–water partition coefficient (Wildman–Crippen LogP) is 1.95. The normalized spacial score (nSPS) is 15.9. The number of carbonyl (C=O) groups excluding carboxylic acids is 1. The molecule has 0 aliphatic carbocycles. The summed E-state index contributed by atoms with van der Waals surface area (Å²) in [6.07, 6.45) is 0.427. The summed E-state index contributed by atoms with van der Waals surface area (Å²) in [5.74, 6) is 0.0587. The Hall–Kier alpha value is -1.29. The minimum Gasteiger partial charge on any atom is -0.273 e. The minimum absolute atomic E-state index is 0.0587. The number of benzene rings is 1. The number of nitrogens with zero attached hydrogens (tertiary/aromatic N) is 2. The monoisotopic (exact) mass is 206 g/mol. The van der Waals surface area contributed by atoms with E-state index in [-0.39, 0.29) is 5.91 Å². The van der Waals surface area contributed by atoms with Crippen molar-refractivity contribution >= 4 is 22.7 Å². The van der Waals surface area contributed by atoms with Gasteiger partial charge in [0.05, 0.1) is 6.42 Å². The third-order valence-corrected chi connectivity index (χ3v) is 2.87. The molecule has 0 unspecified atom stereocenters. The zero-order valence-electron chi connectivity index (χ0n) is 7.80. The molecule has 1 heterocycles. The van der Waals surface area contributed by atoms with Crippen LogP contribution in [-0.4, -0.2) is 23.0 Å². The number of amides is 1. The second-order valence-corrected chi connectivity index (χ2v) is 4.15. The molecule has 0 saturated heterocycles. The molecule has 0 bridgehead atoms. The first kappa shape index (κ1) is 9.27. The smallest absolute Gasteiger partial charge is 0.249 e. The first-order chi connectivity index (χ1) is 6.75. The molecule has 2 rings (SSSR count). The number of rotatable bonds is 1. The van der Waals surface area contributed by atoms with E-state index in [4.69, 9.17) is 0 Å². The van der Waals surface area contributed by atoms with Crippen LogP contribution in [0.5, 0.6) is 0 Å². The molecule has 1 aromatic carbocycles. The quantitative estimate of drug-likeness (QED) is 0.703. The van der Waals surface area contributed by atoms with E-state index < -0.39 is 0 Å². The van der Waals surface area contributed by atoms with E-state index in [1.807, 2.05) is 30.3 Å². The van der Waals surface area contributed by atoms with Crippen molar-refractivity contribution in [3.8, 4) is 0 Å². The summed E-state index contributed by atoms with van der Waals surface area (Å²) in [6.45, 7) is 0. The predicted molar refractivity (Wildman–Crippen MR) is 57.1 cm³/mol. The van der Waals surface area contributed by atoms with E-state index in [1.165, 1.54) is 5.01 Å².